The molecule has 1 aromatic rings. The Labute approximate surface area is 138 Å². The van der Waals surface area contributed by atoms with Crippen LogP contribution in [-0.2, 0) is 4.79 Å². The number of terminal acetylenes is 1. The molecule has 1 fully saturated rings. The number of hydrogen-bond donors (Lipinski definition) is 1. The summed E-state index contributed by atoms with van der Waals surface area (Å²) in [5, 5.41) is 8.78. The van der Waals surface area contributed by atoms with E-state index in [1.807, 2.05) is 27.7 Å². The van der Waals surface area contributed by atoms with E-state index in [4.69, 9.17) is 11.5 Å². The van der Waals surface area contributed by atoms with Crippen molar-refractivity contribution in [2.45, 2.75) is 40.2 Å². The van der Waals surface area contributed by atoms with Crippen molar-refractivity contribution in [3.63, 3.8) is 0 Å². The molecule has 0 bridgehead atoms. The van der Waals surface area contributed by atoms with Gasteiger partial charge >= 0.3 is 7.27 Å². The second-order valence-electron chi connectivity index (χ2n) is 4.13. The number of halogens is 2. The SMILES string of the molecule is C#Cc1cccc(B(F)F)c1.CC.CC.CN1CCC(O)C1=O. The smallest absolute Gasteiger partial charge is 0.383 e. The molecule has 23 heavy (non-hydrogen) atoms. The summed E-state index contributed by atoms with van der Waals surface area (Å²) in [6, 6.07) is 5.80. The van der Waals surface area contributed by atoms with Gasteiger partial charge in [0.25, 0.3) is 5.91 Å². The fourth-order valence-corrected chi connectivity index (χ4v) is 1.57. The Morgan fingerprint density at radius 2 is 1.87 bits per heavy atom. The van der Waals surface area contributed by atoms with Gasteiger partial charge in [0.15, 0.2) is 0 Å². The first-order chi connectivity index (χ1) is 11.0. The van der Waals surface area contributed by atoms with Crippen molar-refractivity contribution in [1.29, 1.82) is 0 Å². The molecule has 1 unspecified atom stereocenters. The number of carbonyl (C=O) groups excluding carboxylic acids is 1. The zero-order valence-electron chi connectivity index (χ0n) is 14.5. The largest absolute Gasteiger partial charge is 0.572 e. The minimum atomic E-state index is -2.44. The summed E-state index contributed by atoms with van der Waals surface area (Å²) in [5.41, 5.74) is 0.461. The van der Waals surface area contributed by atoms with Crippen LogP contribution in [0.2, 0.25) is 0 Å². The molecule has 0 aromatic heterocycles. The van der Waals surface area contributed by atoms with Crippen molar-refractivity contribution in [2.24, 2.45) is 0 Å². The van der Waals surface area contributed by atoms with E-state index in [2.05, 4.69) is 5.92 Å². The Balaban J connectivity index is 0. The maximum Gasteiger partial charge on any atom is 0.572 e. The molecular formula is C17H26BF2NO2. The van der Waals surface area contributed by atoms with Crippen LogP contribution in [-0.4, -0.2) is 42.9 Å². The van der Waals surface area contributed by atoms with Gasteiger partial charge in [-0.1, -0.05) is 45.7 Å². The minimum absolute atomic E-state index is 0.0274. The van der Waals surface area contributed by atoms with Gasteiger partial charge in [0.2, 0.25) is 0 Å². The number of aliphatic hydroxyl groups is 1. The van der Waals surface area contributed by atoms with Gasteiger partial charge in [-0.2, -0.15) is 0 Å². The monoisotopic (exact) mass is 325 g/mol. The summed E-state index contributed by atoms with van der Waals surface area (Å²) < 4.78 is 24.0. The van der Waals surface area contributed by atoms with Gasteiger partial charge in [0.05, 0.1) is 0 Å². The zero-order chi connectivity index (χ0) is 18.4. The van der Waals surface area contributed by atoms with E-state index in [-0.39, 0.29) is 11.4 Å². The van der Waals surface area contributed by atoms with E-state index in [0.717, 1.165) is 0 Å². The lowest BCUT2D eigenvalue weighted by Gasteiger charge is -2.04. The molecule has 0 aliphatic carbocycles. The van der Waals surface area contributed by atoms with Crippen LogP contribution in [0.3, 0.4) is 0 Å². The van der Waals surface area contributed by atoms with E-state index < -0.39 is 13.4 Å². The van der Waals surface area contributed by atoms with E-state index >= 15 is 0 Å². The van der Waals surface area contributed by atoms with Crippen molar-refractivity contribution in [3.05, 3.63) is 29.8 Å². The van der Waals surface area contributed by atoms with Crippen molar-refractivity contribution in [1.82, 2.24) is 4.90 Å². The zero-order valence-corrected chi connectivity index (χ0v) is 14.5. The average molecular weight is 325 g/mol. The predicted molar refractivity (Wildman–Crippen MR) is 92.9 cm³/mol. The van der Waals surface area contributed by atoms with Gasteiger partial charge in [-0.25, -0.2) is 0 Å². The number of benzene rings is 1. The van der Waals surface area contributed by atoms with Gasteiger partial charge in [-0.3, -0.25) is 13.4 Å². The molecule has 6 heteroatoms. The number of rotatable bonds is 1. The number of likely N-dealkylation sites (tertiary alicyclic amines) is 1. The van der Waals surface area contributed by atoms with E-state index in [9.17, 15) is 13.4 Å². The number of likely N-dealkylation sites (N-methyl/N-ethyl adjacent to an activating group) is 1. The second kappa shape index (κ2) is 13.8. The lowest BCUT2D eigenvalue weighted by atomic mass is 9.85. The van der Waals surface area contributed by atoms with Crippen molar-refractivity contribution >= 4 is 18.6 Å². The van der Waals surface area contributed by atoms with Crippen molar-refractivity contribution < 1.29 is 18.5 Å². The van der Waals surface area contributed by atoms with Crippen LogP contribution in [0.4, 0.5) is 8.63 Å². The van der Waals surface area contributed by atoms with Gasteiger partial charge in [-0.15, -0.1) is 6.42 Å². The molecule has 2 rings (SSSR count). The molecule has 1 atom stereocenters. The number of hydrogen-bond acceptors (Lipinski definition) is 2. The summed E-state index contributed by atoms with van der Waals surface area (Å²) in [6.45, 7) is 8.69. The van der Waals surface area contributed by atoms with Gasteiger partial charge in [0, 0.05) is 19.2 Å². The van der Waals surface area contributed by atoms with Gasteiger partial charge < -0.3 is 10.0 Å². The Kier molecular flexibility index (Phi) is 14.0. The molecule has 0 spiro atoms. The molecule has 1 aliphatic heterocycles. The van der Waals surface area contributed by atoms with Crippen LogP contribution in [0.5, 0.6) is 0 Å². The fraction of sp³-hybridized carbons (Fsp3) is 0.471. The molecule has 0 saturated carbocycles. The summed E-state index contributed by atoms with van der Waals surface area (Å²) >= 11 is 0. The summed E-state index contributed by atoms with van der Waals surface area (Å²) in [4.78, 5) is 12.1. The van der Waals surface area contributed by atoms with Crippen molar-refractivity contribution in [3.8, 4) is 12.3 Å². The van der Waals surface area contributed by atoms with E-state index in [0.29, 0.717) is 18.5 Å². The minimum Gasteiger partial charge on any atom is -0.383 e. The fourth-order valence-electron chi connectivity index (χ4n) is 1.57. The Hall–Kier alpha value is -1.87. The highest BCUT2D eigenvalue weighted by Gasteiger charge is 2.25. The molecule has 128 valence electrons. The summed E-state index contributed by atoms with van der Waals surface area (Å²) in [5.74, 6) is 2.14. The molecule has 3 nitrogen and oxygen atoms in total. The molecule has 1 aromatic carbocycles. The molecule has 1 N–H and O–H groups in total. The normalized spacial score (nSPS) is 15.0. The first-order valence-electron chi connectivity index (χ1n) is 7.73. The molecular weight excluding hydrogens is 299 g/mol. The Morgan fingerprint density at radius 3 is 2.17 bits per heavy atom. The second-order valence-corrected chi connectivity index (χ2v) is 4.13. The van der Waals surface area contributed by atoms with Crippen LogP contribution in [0.1, 0.15) is 39.7 Å². The number of aliphatic hydroxyl groups excluding tert-OH is 1. The van der Waals surface area contributed by atoms with Crippen LogP contribution in [0.25, 0.3) is 0 Å². The number of carbonyl (C=O) groups is 1. The first kappa shape index (κ1) is 23.4. The summed E-state index contributed by atoms with van der Waals surface area (Å²) in [7, 11) is -0.748. The van der Waals surface area contributed by atoms with Crippen LogP contribution in [0.15, 0.2) is 24.3 Å². The molecule has 1 amide bonds. The highest BCUT2D eigenvalue weighted by atomic mass is 19.2. The predicted octanol–water partition coefficient (Wildman–Crippen LogP) is 2.56. The van der Waals surface area contributed by atoms with Crippen molar-refractivity contribution in [2.75, 3.05) is 13.6 Å². The third kappa shape index (κ3) is 8.99. The molecule has 1 heterocycles. The van der Waals surface area contributed by atoms with Crippen LogP contribution < -0.4 is 5.46 Å². The highest BCUT2D eigenvalue weighted by molar-refractivity contribution is 6.59. The van der Waals surface area contributed by atoms with E-state index in [1.54, 1.807) is 13.1 Å². The van der Waals surface area contributed by atoms with Crippen LogP contribution in [0, 0.1) is 12.3 Å². The summed E-state index contributed by atoms with van der Waals surface area (Å²) in [6.07, 6.45) is 4.89. The number of nitrogens with zero attached hydrogens (tertiary/aromatic N) is 1. The molecule has 1 saturated heterocycles. The molecule has 0 radical (unpaired) electrons. The Bertz CT molecular complexity index is 478. The lowest BCUT2D eigenvalue weighted by molar-refractivity contribution is -0.133. The van der Waals surface area contributed by atoms with Gasteiger partial charge in [0.1, 0.15) is 6.10 Å². The highest BCUT2D eigenvalue weighted by Crippen LogP contribution is 2.06. The van der Waals surface area contributed by atoms with Gasteiger partial charge in [-0.05, 0) is 24.0 Å². The topological polar surface area (TPSA) is 40.5 Å². The maximum absolute atomic E-state index is 12.0. The first-order valence-corrected chi connectivity index (χ1v) is 7.73. The maximum atomic E-state index is 12.0. The number of amides is 1. The third-order valence-electron chi connectivity index (χ3n) is 2.70. The molecule has 1 aliphatic rings. The van der Waals surface area contributed by atoms with E-state index in [1.165, 1.54) is 23.1 Å². The lowest BCUT2D eigenvalue weighted by Crippen LogP contribution is -2.24. The average Bonchev–Trinajstić information content (AvgIpc) is 2.90. The third-order valence-corrected chi connectivity index (χ3v) is 2.70. The quantitative estimate of drug-likeness (QED) is 0.637. The van der Waals surface area contributed by atoms with Crippen LogP contribution >= 0.6 is 0 Å². The Morgan fingerprint density at radius 1 is 1.30 bits per heavy atom. The standard InChI is InChI=1S/C8H5BF2.C5H9NO2.2C2H6/c1-2-7-4-3-5-8(6-7)9(10)11;1-6-3-2-4(7)5(6)8;2*1-2/h1,3-6H;4,7H,2-3H2,1H3;2*1-2H3.